The molecule has 0 aliphatic rings. The molecule has 1 aromatic carbocycles. The molecule has 0 saturated carbocycles. The van der Waals surface area contributed by atoms with Crippen molar-refractivity contribution in [2.45, 2.75) is 37.6 Å². The third kappa shape index (κ3) is 3.99. The highest BCUT2D eigenvalue weighted by Gasteiger charge is 2.28. The molecule has 7 nitrogen and oxygen atoms in total. The lowest BCUT2D eigenvalue weighted by Crippen LogP contribution is -2.33. The molecule has 112 valence electrons. The average molecular weight is 302 g/mol. The number of hydrogen-bond donors (Lipinski definition) is 2. The fourth-order valence-corrected chi connectivity index (χ4v) is 3.59. The molecule has 0 aliphatic carbocycles. The Morgan fingerprint density at radius 1 is 1.45 bits per heavy atom. The number of hydrogen-bond acceptors (Lipinski definition) is 5. The van der Waals surface area contributed by atoms with Gasteiger partial charge in [0.1, 0.15) is 0 Å². The van der Waals surface area contributed by atoms with E-state index < -0.39 is 26.7 Å². The fourth-order valence-electron chi connectivity index (χ4n) is 1.91. The highest BCUT2D eigenvalue weighted by atomic mass is 32.2. The molecule has 0 aliphatic heterocycles. The molecule has 20 heavy (non-hydrogen) atoms. The van der Waals surface area contributed by atoms with Crippen molar-refractivity contribution >= 4 is 15.7 Å². The first kappa shape index (κ1) is 16.5. The summed E-state index contributed by atoms with van der Waals surface area (Å²) >= 11 is 0. The van der Waals surface area contributed by atoms with Gasteiger partial charge in [0.25, 0.3) is 5.69 Å². The molecule has 1 unspecified atom stereocenters. The first-order valence-corrected chi connectivity index (χ1v) is 7.65. The molecule has 0 bridgehead atoms. The van der Waals surface area contributed by atoms with Crippen LogP contribution in [0.1, 0.15) is 25.3 Å². The van der Waals surface area contributed by atoms with Crippen LogP contribution in [0.3, 0.4) is 0 Å². The van der Waals surface area contributed by atoms with Gasteiger partial charge in [0.05, 0.1) is 4.92 Å². The Labute approximate surface area is 117 Å². The Bertz CT molecular complexity index is 586. The van der Waals surface area contributed by atoms with E-state index in [1.165, 1.54) is 25.1 Å². The van der Waals surface area contributed by atoms with Crippen molar-refractivity contribution in [1.29, 1.82) is 0 Å². The molecule has 8 heteroatoms. The largest absolute Gasteiger partial charge is 0.396 e. The zero-order valence-electron chi connectivity index (χ0n) is 11.4. The van der Waals surface area contributed by atoms with Gasteiger partial charge in [-0.1, -0.05) is 12.1 Å². The van der Waals surface area contributed by atoms with E-state index in [0.29, 0.717) is 18.4 Å². The maximum Gasteiger partial charge on any atom is 0.289 e. The molecule has 0 saturated heterocycles. The molecule has 0 aromatic heterocycles. The fraction of sp³-hybridized carbons (Fsp3) is 0.500. The predicted octanol–water partition coefficient (Wildman–Crippen LogP) is 1.34. The van der Waals surface area contributed by atoms with E-state index in [1.54, 1.807) is 6.92 Å². The van der Waals surface area contributed by atoms with E-state index in [0.717, 1.165) is 0 Å². The highest BCUT2D eigenvalue weighted by Crippen LogP contribution is 2.27. The Morgan fingerprint density at radius 2 is 2.10 bits per heavy atom. The van der Waals surface area contributed by atoms with Crippen molar-refractivity contribution in [1.82, 2.24) is 4.72 Å². The zero-order valence-corrected chi connectivity index (χ0v) is 12.2. The van der Waals surface area contributed by atoms with E-state index in [9.17, 15) is 18.5 Å². The topological polar surface area (TPSA) is 110 Å². The predicted molar refractivity (Wildman–Crippen MR) is 73.9 cm³/mol. The standard InChI is InChI=1S/C12H18N2O5S/c1-9-5-3-7-11(14(16)17)12(9)20(18,19)13-10(2)6-4-8-15/h3,5,7,10,13,15H,4,6,8H2,1-2H3. The van der Waals surface area contributed by atoms with Crippen LogP contribution in [-0.2, 0) is 10.0 Å². The maximum absolute atomic E-state index is 12.3. The summed E-state index contributed by atoms with van der Waals surface area (Å²) in [6.45, 7) is 3.13. The van der Waals surface area contributed by atoms with Crippen LogP contribution < -0.4 is 4.72 Å². The Hall–Kier alpha value is -1.51. The van der Waals surface area contributed by atoms with Gasteiger partial charge in [0.2, 0.25) is 10.0 Å². The Morgan fingerprint density at radius 3 is 2.65 bits per heavy atom. The third-order valence-corrected chi connectivity index (χ3v) is 4.59. The van der Waals surface area contributed by atoms with Gasteiger partial charge >= 0.3 is 0 Å². The molecular formula is C12H18N2O5S. The van der Waals surface area contributed by atoms with E-state index in [1.807, 2.05) is 0 Å². The maximum atomic E-state index is 12.3. The van der Waals surface area contributed by atoms with Gasteiger partial charge < -0.3 is 5.11 Å². The summed E-state index contributed by atoms with van der Waals surface area (Å²) in [5.74, 6) is 0. The van der Waals surface area contributed by atoms with Crippen molar-refractivity contribution in [2.24, 2.45) is 0 Å². The van der Waals surface area contributed by atoms with Crippen LogP contribution in [0.4, 0.5) is 5.69 Å². The van der Waals surface area contributed by atoms with E-state index in [4.69, 9.17) is 5.11 Å². The third-order valence-electron chi connectivity index (χ3n) is 2.81. The second-order valence-electron chi connectivity index (χ2n) is 4.57. The van der Waals surface area contributed by atoms with Crippen molar-refractivity contribution < 1.29 is 18.4 Å². The van der Waals surface area contributed by atoms with Crippen LogP contribution in [-0.4, -0.2) is 31.1 Å². The van der Waals surface area contributed by atoms with Crippen molar-refractivity contribution in [3.63, 3.8) is 0 Å². The van der Waals surface area contributed by atoms with E-state index in [-0.39, 0.29) is 11.5 Å². The lowest BCUT2D eigenvalue weighted by Gasteiger charge is -2.15. The summed E-state index contributed by atoms with van der Waals surface area (Å²) < 4.78 is 26.9. The van der Waals surface area contributed by atoms with Crippen LogP contribution >= 0.6 is 0 Å². The number of aliphatic hydroxyl groups excluding tert-OH is 1. The molecule has 1 aromatic rings. The Balaban J connectivity index is 3.13. The minimum absolute atomic E-state index is 0.0312. The quantitative estimate of drug-likeness (QED) is 0.583. The Kier molecular flexibility index (Phi) is 5.61. The molecular weight excluding hydrogens is 284 g/mol. The number of rotatable bonds is 7. The second-order valence-corrected chi connectivity index (χ2v) is 6.22. The second kappa shape index (κ2) is 6.78. The monoisotopic (exact) mass is 302 g/mol. The summed E-state index contributed by atoms with van der Waals surface area (Å²) in [4.78, 5) is 9.95. The normalized spacial score (nSPS) is 13.2. The van der Waals surface area contributed by atoms with Gasteiger partial charge in [-0.2, -0.15) is 0 Å². The van der Waals surface area contributed by atoms with Gasteiger partial charge in [-0.15, -0.1) is 0 Å². The molecule has 0 amide bonds. The van der Waals surface area contributed by atoms with Gasteiger partial charge in [0, 0.05) is 18.7 Å². The highest BCUT2D eigenvalue weighted by molar-refractivity contribution is 7.89. The van der Waals surface area contributed by atoms with Gasteiger partial charge in [-0.3, -0.25) is 10.1 Å². The van der Waals surface area contributed by atoms with E-state index in [2.05, 4.69) is 4.72 Å². The minimum Gasteiger partial charge on any atom is -0.396 e. The summed E-state index contributed by atoms with van der Waals surface area (Å²) in [7, 11) is -3.97. The van der Waals surface area contributed by atoms with Crippen LogP contribution in [0.25, 0.3) is 0 Å². The van der Waals surface area contributed by atoms with E-state index >= 15 is 0 Å². The summed E-state index contributed by atoms with van der Waals surface area (Å²) in [6, 6.07) is 3.72. The molecule has 0 spiro atoms. The molecule has 1 rings (SSSR count). The van der Waals surface area contributed by atoms with Crippen molar-refractivity contribution in [2.75, 3.05) is 6.61 Å². The number of nitrogens with zero attached hydrogens (tertiary/aromatic N) is 1. The van der Waals surface area contributed by atoms with Gasteiger partial charge in [-0.25, -0.2) is 13.1 Å². The van der Waals surface area contributed by atoms with Crippen LogP contribution in [0.2, 0.25) is 0 Å². The average Bonchev–Trinajstić information content (AvgIpc) is 2.35. The molecule has 0 fully saturated rings. The number of nitrogens with one attached hydrogen (secondary N) is 1. The molecule has 2 N–H and O–H groups in total. The lowest BCUT2D eigenvalue weighted by atomic mass is 10.2. The van der Waals surface area contributed by atoms with Crippen molar-refractivity contribution in [3.8, 4) is 0 Å². The molecule has 0 heterocycles. The van der Waals surface area contributed by atoms with Gasteiger partial charge in [0.15, 0.2) is 4.90 Å². The number of aryl methyl sites for hydroxylation is 1. The number of nitro benzene ring substituents is 1. The van der Waals surface area contributed by atoms with Crippen molar-refractivity contribution in [3.05, 3.63) is 33.9 Å². The first-order valence-electron chi connectivity index (χ1n) is 6.16. The smallest absolute Gasteiger partial charge is 0.289 e. The number of nitro groups is 1. The number of benzene rings is 1. The van der Waals surface area contributed by atoms with Crippen LogP contribution in [0.5, 0.6) is 0 Å². The lowest BCUT2D eigenvalue weighted by molar-refractivity contribution is -0.387. The summed E-state index contributed by atoms with van der Waals surface area (Å²) in [5.41, 5.74) is -0.118. The minimum atomic E-state index is -3.97. The molecule has 0 radical (unpaired) electrons. The SMILES string of the molecule is Cc1cccc([N+](=O)[O-])c1S(=O)(=O)NC(C)CCCO. The number of sulfonamides is 1. The first-order chi connectivity index (χ1) is 9.29. The van der Waals surface area contributed by atoms with Crippen LogP contribution in [0, 0.1) is 17.0 Å². The van der Waals surface area contributed by atoms with Crippen LogP contribution in [0.15, 0.2) is 23.1 Å². The summed E-state index contributed by atoms with van der Waals surface area (Å²) in [5, 5.41) is 19.7. The van der Waals surface area contributed by atoms with Gasteiger partial charge in [-0.05, 0) is 32.3 Å². The number of aliphatic hydroxyl groups is 1. The zero-order chi connectivity index (χ0) is 15.3. The summed E-state index contributed by atoms with van der Waals surface area (Å²) in [6.07, 6.45) is 0.912. The molecule has 1 atom stereocenters.